The molecule has 172 valence electrons. The molecule has 2 aliphatic carbocycles. The van der Waals surface area contributed by atoms with Crippen LogP contribution in [0.1, 0.15) is 66.4 Å². The number of carbonyl (C=O) groups is 2. The number of carbonyl (C=O) groups excluding carboxylic acids is 2. The zero-order valence-electron chi connectivity index (χ0n) is 18.7. The van der Waals surface area contributed by atoms with Gasteiger partial charge in [-0.25, -0.2) is 0 Å². The molecule has 0 radical (unpaired) electrons. The van der Waals surface area contributed by atoms with Gasteiger partial charge in [0.25, 0.3) is 5.91 Å². The number of amides is 2. The molecule has 1 aliphatic heterocycles. The average Bonchev–Trinajstić information content (AvgIpc) is 3.64. The largest absolute Gasteiger partial charge is 0.489 e. The van der Waals surface area contributed by atoms with Crippen LogP contribution >= 0.6 is 0 Å². The van der Waals surface area contributed by atoms with Gasteiger partial charge in [-0.1, -0.05) is 43.5 Å². The highest BCUT2D eigenvalue weighted by molar-refractivity contribution is 6.09. The fraction of sp³-hybridized carbons (Fsp3) is 0.423. The summed E-state index contributed by atoms with van der Waals surface area (Å²) in [7, 11) is 0. The summed E-state index contributed by atoms with van der Waals surface area (Å²) >= 11 is 0. The van der Waals surface area contributed by atoms with Crippen LogP contribution in [-0.2, 0) is 16.9 Å². The molecule has 0 bridgehead atoms. The zero-order chi connectivity index (χ0) is 23.0. The number of benzene rings is 2. The number of guanidine groups is 1. The van der Waals surface area contributed by atoms with Crippen molar-refractivity contribution in [3.8, 4) is 5.75 Å². The van der Waals surface area contributed by atoms with E-state index in [2.05, 4.69) is 5.32 Å². The van der Waals surface area contributed by atoms with E-state index in [0.29, 0.717) is 17.9 Å². The summed E-state index contributed by atoms with van der Waals surface area (Å²) in [6, 6.07) is 14.8. The second-order valence-electron chi connectivity index (χ2n) is 9.40. The summed E-state index contributed by atoms with van der Waals surface area (Å²) in [6.45, 7) is 0.338. The third-order valence-electron chi connectivity index (χ3n) is 7.18. The minimum absolute atomic E-state index is 0.0149. The normalized spacial score (nSPS) is 23.5. The van der Waals surface area contributed by atoms with Crippen LogP contribution in [0.2, 0.25) is 0 Å². The summed E-state index contributed by atoms with van der Waals surface area (Å²) in [6.07, 6.45) is 7.31. The lowest BCUT2D eigenvalue weighted by molar-refractivity contribution is -0.134. The van der Waals surface area contributed by atoms with Crippen molar-refractivity contribution in [2.75, 3.05) is 0 Å². The molecule has 2 aromatic rings. The summed E-state index contributed by atoms with van der Waals surface area (Å²) in [5, 5.41) is 11.9. The molecular formula is C26H30N4O3. The summed E-state index contributed by atoms with van der Waals surface area (Å²) in [5.74, 6) is 0.655. The van der Waals surface area contributed by atoms with Gasteiger partial charge in [0.15, 0.2) is 5.96 Å². The Hall–Kier alpha value is -3.35. The highest BCUT2D eigenvalue weighted by Crippen LogP contribution is 2.50. The molecule has 4 N–H and O–H groups in total. The van der Waals surface area contributed by atoms with Crippen LogP contribution < -0.4 is 15.8 Å². The molecule has 2 saturated carbocycles. The van der Waals surface area contributed by atoms with E-state index in [1.807, 2.05) is 36.4 Å². The Labute approximate surface area is 193 Å². The molecule has 2 amide bonds. The van der Waals surface area contributed by atoms with E-state index in [1.54, 1.807) is 17.0 Å². The van der Waals surface area contributed by atoms with Crippen LogP contribution in [0.25, 0.3) is 0 Å². The van der Waals surface area contributed by atoms with E-state index >= 15 is 0 Å². The van der Waals surface area contributed by atoms with Gasteiger partial charge in [-0.15, -0.1) is 0 Å². The summed E-state index contributed by atoms with van der Waals surface area (Å²) < 4.78 is 6.02. The SMILES string of the molecule is N=C1NC(c2cccc(OCc3ccc(C(N)=O)cc3)c2)(C2CC2)C(=O)N1C1CCCCC1. The number of ether oxygens (including phenoxy) is 1. The molecule has 1 unspecified atom stereocenters. The van der Waals surface area contributed by atoms with Crippen molar-refractivity contribution in [3.05, 3.63) is 65.2 Å². The van der Waals surface area contributed by atoms with E-state index in [-0.39, 0.29) is 23.8 Å². The fourth-order valence-corrected chi connectivity index (χ4v) is 5.27. The van der Waals surface area contributed by atoms with Crippen LogP contribution in [0.15, 0.2) is 48.5 Å². The first-order valence-corrected chi connectivity index (χ1v) is 11.8. The van der Waals surface area contributed by atoms with Gasteiger partial charge in [-0.3, -0.25) is 19.9 Å². The Morgan fingerprint density at radius 3 is 2.48 bits per heavy atom. The first-order valence-electron chi connectivity index (χ1n) is 11.8. The van der Waals surface area contributed by atoms with Gasteiger partial charge < -0.3 is 15.8 Å². The molecule has 7 heteroatoms. The number of hydrogen-bond donors (Lipinski definition) is 3. The predicted molar refractivity (Wildman–Crippen MR) is 125 cm³/mol. The number of rotatable bonds is 7. The summed E-state index contributed by atoms with van der Waals surface area (Å²) in [4.78, 5) is 26.8. The second kappa shape index (κ2) is 8.54. The molecule has 1 atom stereocenters. The maximum absolute atomic E-state index is 13.8. The molecule has 3 aliphatic rings. The molecule has 2 aromatic carbocycles. The van der Waals surface area contributed by atoms with Crippen molar-refractivity contribution in [2.24, 2.45) is 11.7 Å². The molecule has 1 heterocycles. The molecule has 1 saturated heterocycles. The lowest BCUT2D eigenvalue weighted by Crippen LogP contribution is -2.47. The lowest BCUT2D eigenvalue weighted by Gasteiger charge is -2.32. The monoisotopic (exact) mass is 446 g/mol. The van der Waals surface area contributed by atoms with Gasteiger partial charge in [-0.2, -0.15) is 0 Å². The minimum Gasteiger partial charge on any atom is -0.489 e. The van der Waals surface area contributed by atoms with Crippen molar-refractivity contribution in [2.45, 2.75) is 63.1 Å². The third kappa shape index (κ3) is 3.96. The van der Waals surface area contributed by atoms with Gasteiger partial charge in [0, 0.05) is 11.6 Å². The van der Waals surface area contributed by atoms with Gasteiger partial charge in [0.05, 0.1) is 0 Å². The topological polar surface area (TPSA) is 109 Å². The van der Waals surface area contributed by atoms with Crippen LogP contribution in [0.5, 0.6) is 5.75 Å². The standard InChI is InChI=1S/C26H30N4O3/c27-23(31)18-11-9-17(10-12-18)16-33-22-8-4-5-20(15-22)26(19-13-14-19)24(32)30(25(28)29-26)21-6-2-1-3-7-21/h4-5,8-12,15,19,21H,1-3,6-7,13-14,16H2,(H2,27,31)(H2,28,29). The van der Waals surface area contributed by atoms with Crippen molar-refractivity contribution in [1.29, 1.82) is 5.41 Å². The molecule has 7 nitrogen and oxygen atoms in total. The van der Waals surface area contributed by atoms with Gasteiger partial charge in [0.2, 0.25) is 5.91 Å². The Balaban J connectivity index is 1.37. The highest BCUT2D eigenvalue weighted by atomic mass is 16.5. The molecule has 33 heavy (non-hydrogen) atoms. The Morgan fingerprint density at radius 1 is 1.09 bits per heavy atom. The maximum atomic E-state index is 13.8. The Kier molecular flexibility index (Phi) is 5.56. The third-order valence-corrected chi connectivity index (χ3v) is 7.18. The van der Waals surface area contributed by atoms with E-state index in [9.17, 15) is 9.59 Å². The van der Waals surface area contributed by atoms with Gasteiger partial charge >= 0.3 is 0 Å². The van der Waals surface area contributed by atoms with E-state index in [4.69, 9.17) is 15.9 Å². The van der Waals surface area contributed by atoms with Gasteiger partial charge in [0.1, 0.15) is 17.9 Å². The van der Waals surface area contributed by atoms with Crippen molar-refractivity contribution in [1.82, 2.24) is 10.2 Å². The van der Waals surface area contributed by atoms with Crippen LogP contribution in [-0.4, -0.2) is 28.7 Å². The van der Waals surface area contributed by atoms with Crippen LogP contribution in [0, 0.1) is 11.3 Å². The average molecular weight is 447 g/mol. The number of nitrogens with zero attached hydrogens (tertiary/aromatic N) is 1. The molecule has 0 aromatic heterocycles. The van der Waals surface area contributed by atoms with E-state index < -0.39 is 11.4 Å². The van der Waals surface area contributed by atoms with Crippen molar-refractivity contribution < 1.29 is 14.3 Å². The first kappa shape index (κ1) is 21.5. The number of nitrogens with one attached hydrogen (secondary N) is 2. The number of primary amides is 1. The Bertz CT molecular complexity index is 1070. The minimum atomic E-state index is -0.878. The van der Waals surface area contributed by atoms with E-state index in [0.717, 1.165) is 49.7 Å². The quantitative estimate of drug-likeness (QED) is 0.603. The number of hydrogen-bond acceptors (Lipinski definition) is 4. The number of nitrogens with two attached hydrogens (primary N) is 1. The first-order chi connectivity index (χ1) is 16.0. The molecule has 0 spiro atoms. The second-order valence-corrected chi connectivity index (χ2v) is 9.40. The van der Waals surface area contributed by atoms with Gasteiger partial charge in [-0.05, 0) is 67.0 Å². The van der Waals surface area contributed by atoms with Crippen molar-refractivity contribution >= 4 is 17.8 Å². The predicted octanol–water partition coefficient (Wildman–Crippen LogP) is 3.67. The summed E-state index contributed by atoms with van der Waals surface area (Å²) in [5.41, 5.74) is 6.67. The van der Waals surface area contributed by atoms with Crippen molar-refractivity contribution in [3.63, 3.8) is 0 Å². The molecular weight excluding hydrogens is 416 g/mol. The fourth-order valence-electron chi connectivity index (χ4n) is 5.27. The zero-order valence-corrected chi connectivity index (χ0v) is 18.7. The van der Waals surface area contributed by atoms with Crippen LogP contribution in [0.4, 0.5) is 0 Å². The lowest BCUT2D eigenvalue weighted by atomic mass is 9.84. The van der Waals surface area contributed by atoms with E-state index in [1.165, 1.54) is 6.42 Å². The smallest absolute Gasteiger partial charge is 0.260 e. The van der Waals surface area contributed by atoms with Crippen LogP contribution in [0.3, 0.4) is 0 Å². The Morgan fingerprint density at radius 2 is 1.82 bits per heavy atom. The highest BCUT2D eigenvalue weighted by Gasteiger charge is 2.60. The molecule has 3 fully saturated rings. The molecule has 5 rings (SSSR count). The maximum Gasteiger partial charge on any atom is 0.260 e.